The number of hydrogen-bond donors (Lipinski definition) is 1. The van der Waals surface area contributed by atoms with Gasteiger partial charge in [0.1, 0.15) is 5.75 Å². The molecule has 4 heteroatoms. The van der Waals surface area contributed by atoms with E-state index in [9.17, 15) is 4.79 Å². The molecule has 1 heterocycles. The third-order valence-electron chi connectivity index (χ3n) is 3.44. The zero-order valence-corrected chi connectivity index (χ0v) is 10.8. The second-order valence-electron chi connectivity index (χ2n) is 4.87. The lowest BCUT2D eigenvalue weighted by Crippen LogP contribution is -2.34. The van der Waals surface area contributed by atoms with E-state index in [1.54, 1.807) is 6.92 Å². The van der Waals surface area contributed by atoms with Crippen molar-refractivity contribution in [2.24, 2.45) is 5.92 Å². The van der Waals surface area contributed by atoms with Crippen LogP contribution in [0.15, 0.2) is 24.3 Å². The first kappa shape index (κ1) is 12.9. The van der Waals surface area contributed by atoms with Crippen molar-refractivity contribution < 1.29 is 14.6 Å². The summed E-state index contributed by atoms with van der Waals surface area (Å²) >= 11 is 0. The van der Waals surface area contributed by atoms with E-state index in [2.05, 4.69) is 11.0 Å². The highest BCUT2D eigenvalue weighted by atomic mass is 16.5. The second-order valence-corrected chi connectivity index (χ2v) is 4.87. The zero-order chi connectivity index (χ0) is 13.1. The number of para-hydroxylation sites is 1. The molecule has 2 unspecified atom stereocenters. The molecule has 0 bridgehead atoms. The summed E-state index contributed by atoms with van der Waals surface area (Å²) < 4.78 is 5.61. The van der Waals surface area contributed by atoms with E-state index in [1.165, 1.54) is 0 Å². The minimum absolute atomic E-state index is 0.247. The van der Waals surface area contributed by atoms with Gasteiger partial charge in [-0.15, -0.1) is 0 Å². The molecule has 18 heavy (non-hydrogen) atoms. The Balaban J connectivity index is 2.12. The molecular weight excluding hydrogens is 230 g/mol. The van der Waals surface area contributed by atoms with Gasteiger partial charge in [-0.25, -0.2) is 0 Å². The van der Waals surface area contributed by atoms with Crippen LogP contribution < -0.4 is 4.74 Å². The molecule has 1 aliphatic rings. The number of aliphatic carboxylic acids is 1. The number of carboxylic acids is 1. The van der Waals surface area contributed by atoms with Crippen LogP contribution in [0.2, 0.25) is 0 Å². The van der Waals surface area contributed by atoms with E-state index in [0.29, 0.717) is 13.2 Å². The molecule has 0 aromatic heterocycles. The molecule has 0 fully saturated rings. The van der Waals surface area contributed by atoms with Crippen molar-refractivity contribution >= 4 is 5.97 Å². The minimum Gasteiger partial charge on any atom is -0.493 e. The first-order chi connectivity index (χ1) is 8.59. The maximum absolute atomic E-state index is 10.9. The van der Waals surface area contributed by atoms with Crippen molar-refractivity contribution in [3.05, 3.63) is 29.8 Å². The average molecular weight is 249 g/mol. The highest BCUT2D eigenvalue weighted by molar-refractivity contribution is 5.69. The Kier molecular flexibility index (Phi) is 3.87. The normalized spacial score (nSPS) is 20.1. The Labute approximate surface area is 107 Å². The lowest BCUT2D eigenvalue weighted by Gasteiger charge is -2.33. The first-order valence-electron chi connectivity index (χ1n) is 6.24. The number of rotatable bonds is 4. The summed E-state index contributed by atoms with van der Waals surface area (Å²) in [7, 11) is 1.98. The molecule has 98 valence electrons. The molecule has 0 amide bonds. The average Bonchev–Trinajstić information content (AvgIpc) is 2.37. The third kappa shape index (κ3) is 2.64. The van der Waals surface area contributed by atoms with Gasteiger partial charge in [0.2, 0.25) is 0 Å². The summed E-state index contributed by atoms with van der Waals surface area (Å²) in [5.74, 6) is -0.184. The molecule has 1 aromatic rings. The zero-order valence-electron chi connectivity index (χ0n) is 10.8. The molecule has 4 nitrogen and oxygen atoms in total. The van der Waals surface area contributed by atoms with Crippen LogP contribution in [0, 0.1) is 5.92 Å². The highest BCUT2D eigenvalue weighted by Crippen LogP contribution is 2.35. The van der Waals surface area contributed by atoms with Crippen LogP contribution in [0.1, 0.15) is 24.9 Å². The van der Waals surface area contributed by atoms with Crippen molar-refractivity contribution in [1.29, 1.82) is 0 Å². The van der Waals surface area contributed by atoms with Crippen molar-refractivity contribution in [1.82, 2.24) is 4.90 Å². The predicted molar refractivity (Wildman–Crippen MR) is 68.7 cm³/mol. The van der Waals surface area contributed by atoms with Gasteiger partial charge in [-0.1, -0.05) is 25.1 Å². The number of carbonyl (C=O) groups is 1. The molecule has 1 aliphatic heterocycles. The Morgan fingerprint density at radius 2 is 2.28 bits per heavy atom. The number of benzene rings is 1. The lowest BCUT2D eigenvalue weighted by molar-refractivity contribution is -0.141. The number of fused-ring (bicyclic) bond motifs is 1. The van der Waals surface area contributed by atoms with Gasteiger partial charge in [-0.2, -0.15) is 0 Å². The molecule has 2 atom stereocenters. The van der Waals surface area contributed by atoms with Gasteiger partial charge in [-0.3, -0.25) is 9.69 Å². The Hall–Kier alpha value is -1.55. The van der Waals surface area contributed by atoms with Crippen LogP contribution in [0.4, 0.5) is 0 Å². The molecule has 0 aliphatic carbocycles. The van der Waals surface area contributed by atoms with Crippen LogP contribution in [0.25, 0.3) is 0 Å². The van der Waals surface area contributed by atoms with Crippen molar-refractivity contribution in [2.75, 3.05) is 20.2 Å². The molecule has 1 aromatic carbocycles. The molecule has 0 radical (unpaired) electrons. The minimum atomic E-state index is -0.748. The van der Waals surface area contributed by atoms with Crippen LogP contribution in [0.5, 0.6) is 5.75 Å². The smallest absolute Gasteiger partial charge is 0.307 e. The fraction of sp³-hybridized carbons (Fsp3) is 0.500. The molecule has 0 saturated carbocycles. The number of hydrogen-bond acceptors (Lipinski definition) is 3. The van der Waals surface area contributed by atoms with E-state index in [-0.39, 0.29) is 12.0 Å². The van der Waals surface area contributed by atoms with Gasteiger partial charge in [-0.05, 0) is 13.1 Å². The van der Waals surface area contributed by atoms with Gasteiger partial charge in [0, 0.05) is 24.6 Å². The molecule has 2 rings (SSSR count). The maximum atomic E-state index is 10.9. The van der Waals surface area contributed by atoms with Gasteiger partial charge >= 0.3 is 5.97 Å². The topological polar surface area (TPSA) is 49.8 Å². The summed E-state index contributed by atoms with van der Waals surface area (Å²) in [4.78, 5) is 13.0. The van der Waals surface area contributed by atoms with Crippen molar-refractivity contribution in [2.45, 2.75) is 19.4 Å². The van der Waals surface area contributed by atoms with Gasteiger partial charge in [0.25, 0.3) is 0 Å². The fourth-order valence-electron chi connectivity index (χ4n) is 2.42. The first-order valence-corrected chi connectivity index (χ1v) is 6.24. The van der Waals surface area contributed by atoms with E-state index in [1.807, 2.05) is 25.2 Å². The summed E-state index contributed by atoms with van der Waals surface area (Å²) in [5.41, 5.74) is 1.16. The van der Waals surface area contributed by atoms with Gasteiger partial charge < -0.3 is 9.84 Å². The van der Waals surface area contributed by atoms with Crippen LogP contribution >= 0.6 is 0 Å². The summed E-state index contributed by atoms with van der Waals surface area (Å²) in [5, 5.41) is 8.97. The Bertz CT molecular complexity index is 433. The summed E-state index contributed by atoms with van der Waals surface area (Å²) in [6.07, 6.45) is 0.903. The summed E-state index contributed by atoms with van der Waals surface area (Å²) in [6.45, 7) is 2.98. The van der Waals surface area contributed by atoms with E-state index in [4.69, 9.17) is 9.84 Å². The molecule has 0 saturated heterocycles. The number of nitrogens with zero attached hydrogens (tertiary/aromatic N) is 1. The highest BCUT2D eigenvalue weighted by Gasteiger charge is 2.26. The number of carboxylic acid groups (broad SMARTS) is 1. The van der Waals surface area contributed by atoms with E-state index in [0.717, 1.165) is 17.7 Å². The van der Waals surface area contributed by atoms with E-state index < -0.39 is 5.97 Å². The SMILES string of the molecule is CC(CN(C)C1CCOc2ccccc21)C(=O)O. The van der Waals surface area contributed by atoms with Crippen LogP contribution in [-0.4, -0.2) is 36.2 Å². The second kappa shape index (κ2) is 5.40. The van der Waals surface area contributed by atoms with Gasteiger partial charge in [0.15, 0.2) is 0 Å². The van der Waals surface area contributed by atoms with Crippen LogP contribution in [-0.2, 0) is 4.79 Å². The van der Waals surface area contributed by atoms with Crippen molar-refractivity contribution in [3.63, 3.8) is 0 Å². The summed E-state index contributed by atoms with van der Waals surface area (Å²) in [6, 6.07) is 8.23. The fourth-order valence-corrected chi connectivity index (χ4v) is 2.42. The quantitative estimate of drug-likeness (QED) is 0.888. The van der Waals surface area contributed by atoms with Crippen molar-refractivity contribution in [3.8, 4) is 5.75 Å². The van der Waals surface area contributed by atoms with Gasteiger partial charge in [0.05, 0.1) is 12.5 Å². The van der Waals surface area contributed by atoms with E-state index >= 15 is 0 Å². The standard InChI is InChI=1S/C14H19NO3/c1-10(14(16)17)9-15(2)12-7-8-18-13-6-4-3-5-11(12)13/h3-6,10,12H,7-9H2,1-2H3,(H,16,17). The molecular formula is C14H19NO3. The molecule has 0 spiro atoms. The Morgan fingerprint density at radius 1 is 1.56 bits per heavy atom. The lowest BCUT2D eigenvalue weighted by atomic mass is 9.98. The third-order valence-corrected chi connectivity index (χ3v) is 3.44. The Morgan fingerprint density at radius 3 is 3.00 bits per heavy atom. The monoisotopic (exact) mass is 249 g/mol. The number of ether oxygens (including phenoxy) is 1. The molecule has 1 N–H and O–H groups in total. The van der Waals surface area contributed by atoms with Crippen LogP contribution in [0.3, 0.4) is 0 Å². The predicted octanol–water partition coefficient (Wildman–Crippen LogP) is 2.16. The maximum Gasteiger partial charge on any atom is 0.307 e. The largest absolute Gasteiger partial charge is 0.493 e.